The van der Waals surface area contributed by atoms with Crippen molar-refractivity contribution < 1.29 is 10.0 Å². The van der Waals surface area contributed by atoms with Crippen LogP contribution in [0.3, 0.4) is 0 Å². The highest BCUT2D eigenvalue weighted by Crippen LogP contribution is 2.19. The second-order valence-corrected chi connectivity index (χ2v) is 2.60. The molecular weight excluding hydrogens is 182 g/mol. The maximum Gasteiger partial charge on any atom is 0.269 e. The summed E-state index contributed by atoms with van der Waals surface area (Å²) in [7, 11) is 0. The van der Waals surface area contributed by atoms with E-state index in [0.29, 0.717) is 5.56 Å². The lowest BCUT2D eigenvalue weighted by Crippen LogP contribution is -1.90. The van der Waals surface area contributed by atoms with E-state index >= 15 is 0 Å². The third-order valence-electron chi connectivity index (χ3n) is 1.38. The number of benzene rings is 1. The molecule has 1 atom stereocenters. The number of nitrogens with zero attached hydrogens (tertiary/aromatic N) is 1. The van der Waals surface area contributed by atoms with E-state index in [0.717, 1.165) is 0 Å². The van der Waals surface area contributed by atoms with Crippen LogP contribution in [0.1, 0.15) is 11.1 Å². The largest absolute Gasteiger partial charge is 0.373 e. The quantitative estimate of drug-likeness (QED) is 0.436. The van der Waals surface area contributed by atoms with Gasteiger partial charge in [0.05, 0.1) is 4.92 Å². The highest BCUT2D eigenvalue weighted by atomic mass is 35.5. The number of hydrogen-bond donors (Lipinski definition) is 1. The van der Waals surface area contributed by atoms with Crippen molar-refractivity contribution in [3.63, 3.8) is 0 Å². The van der Waals surface area contributed by atoms with Crippen molar-refractivity contribution >= 4 is 17.3 Å². The van der Waals surface area contributed by atoms with Gasteiger partial charge in [0.15, 0.2) is 5.56 Å². The predicted molar refractivity (Wildman–Crippen MR) is 43.9 cm³/mol. The summed E-state index contributed by atoms with van der Waals surface area (Å²) >= 11 is 5.32. The van der Waals surface area contributed by atoms with Crippen LogP contribution in [0.4, 0.5) is 5.69 Å². The van der Waals surface area contributed by atoms with Crippen molar-refractivity contribution in [3.05, 3.63) is 39.9 Å². The van der Waals surface area contributed by atoms with Gasteiger partial charge in [-0.3, -0.25) is 10.1 Å². The summed E-state index contributed by atoms with van der Waals surface area (Å²) in [5, 5.41) is 19.0. The number of halogens is 1. The van der Waals surface area contributed by atoms with Crippen LogP contribution in [-0.4, -0.2) is 10.0 Å². The first kappa shape index (κ1) is 8.96. The highest BCUT2D eigenvalue weighted by molar-refractivity contribution is 6.19. The first-order valence-electron chi connectivity index (χ1n) is 3.18. The standard InChI is InChI=1S/C7H6ClNO3/c8-7(10)5-1-3-6(4-2-5)9(11)12/h1-4,7,10H/t7-/m1/s1. The van der Waals surface area contributed by atoms with E-state index in [1.165, 1.54) is 24.3 Å². The summed E-state index contributed by atoms with van der Waals surface area (Å²) in [6.07, 6.45) is 0. The fourth-order valence-corrected chi connectivity index (χ4v) is 0.900. The van der Waals surface area contributed by atoms with Crippen LogP contribution in [0, 0.1) is 10.1 Å². The number of nitro groups is 1. The first-order chi connectivity index (χ1) is 5.61. The topological polar surface area (TPSA) is 63.4 Å². The van der Waals surface area contributed by atoms with E-state index in [9.17, 15) is 10.1 Å². The van der Waals surface area contributed by atoms with Crippen molar-refractivity contribution in [2.24, 2.45) is 0 Å². The molecule has 0 fully saturated rings. The molecule has 12 heavy (non-hydrogen) atoms. The number of non-ortho nitro benzene ring substituents is 1. The summed E-state index contributed by atoms with van der Waals surface area (Å²) in [6.45, 7) is 0. The van der Waals surface area contributed by atoms with Crippen LogP contribution in [0.2, 0.25) is 0 Å². The molecule has 0 bridgehead atoms. The monoisotopic (exact) mass is 187 g/mol. The van der Waals surface area contributed by atoms with Gasteiger partial charge < -0.3 is 5.11 Å². The fourth-order valence-electron chi connectivity index (χ4n) is 0.755. The second-order valence-electron chi connectivity index (χ2n) is 2.18. The molecule has 5 heteroatoms. The smallest absolute Gasteiger partial charge is 0.269 e. The van der Waals surface area contributed by atoms with E-state index in [1.54, 1.807) is 0 Å². The van der Waals surface area contributed by atoms with Gasteiger partial charge in [-0.25, -0.2) is 0 Å². The van der Waals surface area contributed by atoms with Gasteiger partial charge in [0.2, 0.25) is 0 Å². The summed E-state index contributed by atoms with van der Waals surface area (Å²) in [5.74, 6) is 0. The predicted octanol–water partition coefficient (Wildman–Crippen LogP) is 1.82. The molecule has 0 unspecified atom stereocenters. The van der Waals surface area contributed by atoms with Crippen molar-refractivity contribution in [2.45, 2.75) is 5.56 Å². The van der Waals surface area contributed by atoms with E-state index in [4.69, 9.17) is 16.7 Å². The van der Waals surface area contributed by atoms with Crippen molar-refractivity contribution in [3.8, 4) is 0 Å². The number of aliphatic hydroxyl groups is 1. The van der Waals surface area contributed by atoms with Gasteiger partial charge >= 0.3 is 0 Å². The molecule has 0 radical (unpaired) electrons. The number of hydrogen-bond acceptors (Lipinski definition) is 3. The van der Waals surface area contributed by atoms with Crippen LogP contribution in [0.25, 0.3) is 0 Å². The maximum atomic E-state index is 10.2. The molecule has 0 spiro atoms. The molecule has 1 N–H and O–H groups in total. The lowest BCUT2D eigenvalue weighted by Gasteiger charge is -2.00. The summed E-state index contributed by atoms with van der Waals surface area (Å²) < 4.78 is 0. The van der Waals surface area contributed by atoms with Crippen LogP contribution in [-0.2, 0) is 0 Å². The minimum Gasteiger partial charge on any atom is -0.373 e. The highest BCUT2D eigenvalue weighted by Gasteiger charge is 2.06. The Labute approximate surface area is 73.5 Å². The molecule has 0 saturated heterocycles. The number of nitro benzene ring substituents is 1. The maximum absolute atomic E-state index is 10.2. The average Bonchev–Trinajstić information content (AvgIpc) is 2.04. The zero-order chi connectivity index (χ0) is 9.14. The van der Waals surface area contributed by atoms with Crippen molar-refractivity contribution in [1.82, 2.24) is 0 Å². The Morgan fingerprint density at radius 1 is 1.42 bits per heavy atom. The third kappa shape index (κ3) is 1.93. The lowest BCUT2D eigenvalue weighted by molar-refractivity contribution is -0.384. The third-order valence-corrected chi connectivity index (χ3v) is 1.63. The molecule has 1 rings (SSSR count). The molecule has 1 aromatic rings. The molecular formula is C7H6ClNO3. The second kappa shape index (κ2) is 3.51. The number of aliphatic hydroxyl groups excluding tert-OH is 1. The minimum atomic E-state index is -1.11. The van der Waals surface area contributed by atoms with Gasteiger partial charge in [-0.15, -0.1) is 0 Å². The van der Waals surface area contributed by atoms with Crippen LogP contribution in [0.5, 0.6) is 0 Å². The van der Waals surface area contributed by atoms with Gasteiger partial charge in [-0.1, -0.05) is 11.6 Å². The Kier molecular flexibility index (Phi) is 2.62. The number of rotatable bonds is 2. The number of alkyl halides is 1. The Hall–Kier alpha value is -1.13. The van der Waals surface area contributed by atoms with Crippen LogP contribution in [0.15, 0.2) is 24.3 Å². The normalized spacial score (nSPS) is 12.5. The van der Waals surface area contributed by atoms with E-state index < -0.39 is 10.5 Å². The Morgan fingerprint density at radius 3 is 2.25 bits per heavy atom. The minimum absolute atomic E-state index is 0.0175. The SMILES string of the molecule is O=[N+]([O-])c1ccc([C@@H](O)Cl)cc1. The summed E-state index contributed by atoms with van der Waals surface area (Å²) in [6, 6.07) is 5.41. The molecule has 0 aromatic heterocycles. The molecule has 0 amide bonds. The molecule has 1 aromatic carbocycles. The molecule has 0 saturated carbocycles. The summed E-state index contributed by atoms with van der Waals surface area (Å²) in [4.78, 5) is 9.68. The molecule has 4 nitrogen and oxygen atoms in total. The van der Waals surface area contributed by atoms with E-state index in [2.05, 4.69) is 0 Å². The molecule has 0 aliphatic carbocycles. The Morgan fingerprint density at radius 2 is 1.92 bits per heavy atom. The molecule has 0 heterocycles. The van der Waals surface area contributed by atoms with Crippen LogP contribution >= 0.6 is 11.6 Å². The van der Waals surface area contributed by atoms with Gasteiger partial charge in [0.1, 0.15) is 0 Å². The van der Waals surface area contributed by atoms with Crippen molar-refractivity contribution in [2.75, 3.05) is 0 Å². The Balaban J connectivity index is 2.93. The van der Waals surface area contributed by atoms with Crippen LogP contribution < -0.4 is 0 Å². The molecule has 0 aliphatic heterocycles. The zero-order valence-corrected chi connectivity index (χ0v) is 6.73. The first-order valence-corrected chi connectivity index (χ1v) is 3.61. The van der Waals surface area contributed by atoms with Gasteiger partial charge in [0.25, 0.3) is 5.69 Å². The van der Waals surface area contributed by atoms with Crippen molar-refractivity contribution in [1.29, 1.82) is 0 Å². The van der Waals surface area contributed by atoms with E-state index in [-0.39, 0.29) is 5.69 Å². The van der Waals surface area contributed by atoms with Gasteiger partial charge in [0, 0.05) is 12.1 Å². The lowest BCUT2D eigenvalue weighted by atomic mass is 10.2. The zero-order valence-electron chi connectivity index (χ0n) is 5.98. The molecule has 0 aliphatic rings. The van der Waals surface area contributed by atoms with E-state index in [1.807, 2.05) is 0 Å². The fraction of sp³-hybridized carbons (Fsp3) is 0.143. The van der Waals surface area contributed by atoms with Gasteiger partial charge in [-0.2, -0.15) is 0 Å². The molecule has 64 valence electrons. The summed E-state index contributed by atoms with van der Waals surface area (Å²) in [5.41, 5.74) is -0.677. The van der Waals surface area contributed by atoms with Gasteiger partial charge in [-0.05, 0) is 17.7 Å². The average molecular weight is 188 g/mol. The Bertz CT molecular complexity index is 283.